The molecule has 2 aromatic carbocycles. The highest BCUT2D eigenvalue weighted by molar-refractivity contribution is 7.92. The van der Waals surface area contributed by atoms with Crippen molar-refractivity contribution in [2.45, 2.75) is 11.8 Å². The second-order valence-corrected chi connectivity index (χ2v) is 7.66. The summed E-state index contributed by atoms with van der Waals surface area (Å²) in [4.78, 5) is 12.6. The van der Waals surface area contributed by atoms with Crippen molar-refractivity contribution in [3.63, 3.8) is 0 Å². The van der Waals surface area contributed by atoms with Crippen LogP contribution in [-0.4, -0.2) is 39.6 Å². The van der Waals surface area contributed by atoms with Crippen molar-refractivity contribution in [3.8, 4) is 0 Å². The zero-order valence-electron chi connectivity index (χ0n) is 14.2. The molecule has 1 aliphatic heterocycles. The van der Waals surface area contributed by atoms with Gasteiger partial charge in [-0.2, -0.15) is 0 Å². The van der Waals surface area contributed by atoms with Gasteiger partial charge >= 0.3 is 0 Å². The molecule has 0 unspecified atom stereocenters. The van der Waals surface area contributed by atoms with E-state index >= 15 is 0 Å². The van der Waals surface area contributed by atoms with Crippen molar-refractivity contribution in [1.29, 1.82) is 0 Å². The number of hydrogen-bond donors (Lipinski definition) is 1. The molecule has 0 atom stereocenters. The zero-order chi connectivity index (χ0) is 18.7. The maximum Gasteiger partial charge on any atom is 0.293 e. The average Bonchev–Trinajstić information content (AvgIpc) is 2.61. The van der Waals surface area contributed by atoms with Crippen LogP contribution in [0.4, 0.5) is 17.1 Å². The first-order chi connectivity index (χ1) is 12.4. The summed E-state index contributed by atoms with van der Waals surface area (Å²) in [5.74, 6) is 0. The molecule has 0 spiro atoms. The first-order valence-electron chi connectivity index (χ1n) is 8.07. The lowest BCUT2D eigenvalue weighted by Gasteiger charge is -2.28. The minimum Gasteiger partial charge on any atom is -0.378 e. The molecule has 0 aliphatic carbocycles. The lowest BCUT2D eigenvalue weighted by atomic mass is 10.2. The van der Waals surface area contributed by atoms with E-state index in [0.717, 1.165) is 11.6 Å². The number of anilines is 2. The van der Waals surface area contributed by atoms with Crippen LogP contribution < -0.4 is 9.62 Å². The van der Waals surface area contributed by atoms with Crippen molar-refractivity contribution < 1.29 is 18.1 Å². The summed E-state index contributed by atoms with van der Waals surface area (Å²) < 4.78 is 32.9. The maximum atomic E-state index is 12.6. The molecule has 1 heterocycles. The molecular weight excluding hydrogens is 358 g/mol. The number of aryl methyl sites for hydroxylation is 1. The van der Waals surface area contributed by atoms with Gasteiger partial charge in [0.05, 0.1) is 23.0 Å². The Bertz CT molecular complexity index is 924. The zero-order valence-corrected chi connectivity index (χ0v) is 15.0. The predicted molar refractivity (Wildman–Crippen MR) is 98.1 cm³/mol. The van der Waals surface area contributed by atoms with E-state index in [1.165, 1.54) is 12.1 Å². The molecule has 0 radical (unpaired) electrons. The third-order valence-corrected chi connectivity index (χ3v) is 5.45. The van der Waals surface area contributed by atoms with Crippen LogP contribution in [0.25, 0.3) is 0 Å². The van der Waals surface area contributed by atoms with Crippen LogP contribution in [-0.2, 0) is 14.8 Å². The Labute approximate surface area is 151 Å². The average molecular weight is 377 g/mol. The highest BCUT2D eigenvalue weighted by Crippen LogP contribution is 2.32. The number of sulfonamides is 1. The van der Waals surface area contributed by atoms with Crippen molar-refractivity contribution in [2.24, 2.45) is 0 Å². The van der Waals surface area contributed by atoms with E-state index in [0.29, 0.717) is 37.7 Å². The van der Waals surface area contributed by atoms with Crippen LogP contribution in [0.1, 0.15) is 5.56 Å². The molecule has 0 saturated carbocycles. The number of hydrogen-bond acceptors (Lipinski definition) is 6. The Balaban J connectivity index is 1.94. The normalized spacial score (nSPS) is 14.9. The van der Waals surface area contributed by atoms with Gasteiger partial charge in [0.2, 0.25) is 0 Å². The van der Waals surface area contributed by atoms with E-state index < -0.39 is 14.9 Å². The van der Waals surface area contributed by atoms with Crippen molar-refractivity contribution >= 4 is 27.1 Å². The van der Waals surface area contributed by atoms with Crippen LogP contribution >= 0.6 is 0 Å². The Morgan fingerprint density at radius 3 is 2.54 bits per heavy atom. The molecule has 1 fully saturated rings. The Morgan fingerprint density at radius 1 is 1.15 bits per heavy atom. The highest BCUT2D eigenvalue weighted by atomic mass is 32.2. The van der Waals surface area contributed by atoms with Crippen LogP contribution in [0, 0.1) is 17.0 Å². The molecule has 138 valence electrons. The Hall–Kier alpha value is -2.65. The Kier molecular flexibility index (Phi) is 5.10. The number of nitro benzene ring substituents is 1. The lowest BCUT2D eigenvalue weighted by molar-refractivity contribution is -0.384. The first-order valence-corrected chi connectivity index (χ1v) is 9.56. The van der Waals surface area contributed by atoms with E-state index in [1.807, 2.05) is 17.9 Å². The van der Waals surface area contributed by atoms with Gasteiger partial charge in [-0.1, -0.05) is 12.1 Å². The first kappa shape index (κ1) is 18.2. The summed E-state index contributed by atoms with van der Waals surface area (Å²) in [6, 6.07) is 10.9. The van der Waals surface area contributed by atoms with Crippen LogP contribution in [0.2, 0.25) is 0 Å². The van der Waals surface area contributed by atoms with Gasteiger partial charge in [0.15, 0.2) is 0 Å². The number of nitrogens with zero attached hydrogens (tertiary/aromatic N) is 2. The largest absolute Gasteiger partial charge is 0.378 e. The fraction of sp³-hybridized carbons (Fsp3) is 0.294. The lowest BCUT2D eigenvalue weighted by Crippen LogP contribution is -2.36. The van der Waals surface area contributed by atoms with Crippen molar-refractivity contribution in [2.75, 3.05) is 35.9 Å². The molecule has 1 N–H and O–H groups in total. The predicted octanol–water partition coefficient (Wildman–Crippen LogP) is 2.54. The number of ether oxygens (including phenoxy) is 1. The van der Waals surface area contributed by atoms with Gasteiger partial charge in [0.25, 0.3) is 15.7 Å². The van der Waals surface area contributed by atoms with Crippen LogP contribution in [0.5, 0.6) is 0 Å². The van der Waals surface area contributed by atoms with Gasteiger partial charge in [-0.05, 0) is 36.8 Å². The summed E-state index contributed by atoms with van der Waals surface area (Å²) in [5.41, 5.74) is 1.47. The molecule has 1 saturated heterocycles. The second kappa shape index (κ2) is 7.30. The highest BCUT2D eigenvalue weighted by Gasteiger charge is 2.25. The molecule has 9 heteroatoms. The number of morpholine rings is 1. The Morgan fingerprint density at radius 2 is 1.88 bits per heavy atom. The standard InChI is InChI=1S/C17H19N3O5S/c1-13-3-2-4-14(11-13)18-26(23,24)15-5-6-16(17(12-15)20(21)22)19-7-9-25-10-8-19/h2-6,11-12,18H,7-10H2,1H3. The SMILES string of the molecule is Cc1cccc(NS(=O)(=O)c2ccc(N3CCOCC3)c([N+](=O)[O-])c2)c1. The van der Waals surface area contributed by atoms with Crippen molar-refractivity contribution in [3.05, 3.63) is 58.1 Å². The summed E-state index contributed by atoms with van der Waals surface area (Å²) >= 11 is 0. The molecule has 8 nitrogen and oxygen atoms in total. The van der Waals surface area contributed by atoms with Gasteiger partial charge in [0, 0.05) is 24.8 Å². The quantitative estimate of drug-likeness (QED) is 0.635. The summed E-state index contributed by atoms with van der Waals surface area (Å²) in [6.07, 6.45) is 0. The van der Waals surface area contributed by atoms with Crippen LogP contribution in [0.15, 0.2) is 47.4 Å². The second-order valence-electron chi connectivity index (χ2n) is 5.98. The van der Waals surface area contributed by atoms with Gasteiger partial charge in [-0.25, -0.2) is 8.42 Å². The van der Waals surface area contributed by atoms with Gasteiger partial charge in [-0.3, -0.25) is 14.8 Å². The van der Waals surface area contributed by atoms with Crippen molar-refractivity contribution in [1.82, 2.24) is 0 Å². The summed E-state index contributed by atoms with van der Waals surface area (Å²) in [7, 11) is -3.93. The molecule has 0 bridgehead atoms. The fourth-order valence-corrected chi connectivity index (χ4v) is 3.88. The third kappa shape index (κ3) is 3.94. The van der Waals surface area contributed by atoms with E-state index in [-0.39, 0.29) is 10.6 Å². The van der Waals surface area contributed by atoms with E-state index in [9.17, 15) is 18.5 Å². The monoisotopic (exact) mass is 377 g/mol. The molecule has 3 rings (SSSR count). The van der Waals surface area contributed by atoms with Gasteiger partial charge < -0.3 is 9.64 Å². The molecule has 26 heavy (non-hydrogen) atoms. The van der Waals surface area contributed by atoms with E-state index in [4.69, 9.17) is 4.74 Å². The van der Waals surface area contributed by atoms with Crippen LogP contribution in [0.3, 0.4) is 0 Å². The maximum absolute atomic E-state index is 12.6. The number of rotatable bonds is 5. The van der Waals surface area contributed by atoms with E-state index in [2.05, 4.69) is 4.72 Å². The molecule has 0 aromatic heterocycles. The molecule has 2 aromatic rings. The number of nitrogens with one attached hydrogen (secondary N) is 1. The van der Waals surface area contributed by atoms with Gasteiger partial charge in [-0.15, -0.1) is 0 Å². The number of benzene rings is 2. The fourth-order valence-electron chi connectivity index (χ4n) is 2.81. The smallest absolute Gasteiger partial charge is 0.293 e. The van der Waals surface area contributed by atoms with Gasteiger partial charge in [0.1, 0.15) is 5.69 Å². The minimum atomic E-state index is -3.93. The number of nitro groups is 1. The topological polar surface area (TPSA) is 102 Å². The minimum absolute atomic E-state index is 0.150. The molecular formula is C17H19N3O5S. The summed E-state index contributed by atoms with van der Waals surface area (Å²) in [5, 5.41) is 11.5. The summed E-state index contributed by atoms with van der Waals surface area (Å²) in [6.45, 7) is 3.85. The molecule has 0 amide bonds. The molecule has 1 aliphatic rings. The third-order valence-electron chi connectivity index (χ3n) is 4.08. The van der Waals surface area contributed by atoms with E-state index in [1.54, 1.807) is 18.2 Å².